The van der Waals surface area contributed by atoms with Crippen molar-refractivity contribution in [2.45, 2.75) is 16.5 Å². The van der Waals surface area contributed by atoms with E-state index in [2.05, 4.69) is 25.8 Å². The Morgan fingerprint density at radius 1 is 1.36 bits per heavy atom. The molecular weight excluding hydrogens is 442 g/mol. The van der Waals surface area contributed by atoms with Gasteiger partial charge in [-0.1, -0.05) is 34.7 Å². The van der Waals surface area contributed by atoms with Gasteiger partial charge in [0.2, 0.25) is 5.13 Å². The van der Waals surface area contributed by atoms with E-state index in [0.717, 1.165) is 34.2 Å². The standard InChI is InChI=1S/C15H20ClN7O2S3/c16-11-3-1-4-18-12(11)10-26-8-6-20-13(9-23(24)25)19-5-2-7-27-15-22-21-14(17)28-15/h1,3-4,9,19-20H,2,5-8,10H2,(H2,17,21). The Bertz CT molecular complexity index is 790. The number of nitrogens with one attached hydrogen (secondary N) is 2. The fraction of sp³-hybridized carbons (Fsp3) is 0.400. The molecule has 28 heavy (non-hydrogen) atoms. The highest BCUT2D eigenvalue weighted by Gasteiger charge is 2.05. The van der Waals surface area contributed by atoms with Crippen molar-refractivity contribution < 1.29 is 4.92 Å². The minimum atomic E-state index is -0.477. The number of nitrogens with zero attached hydrogens (tertiary/aromatic N) is 4. The summed E-state index contributed by atoms with van der Waals surface area (Å²) in [6, 6.07) is 3.60. The lowest BCUT2D eigenvalue weighted by Gasteiger charge is -2.11. The first-order valence-corrected chi connectivity index (χ1v) is 11.6. The highest BCUT2D eigenvalue weighted by Crippen LogP contribution is 2.23. The average Bonchev–Trinajstić information content (AvgIpc) is 3.07. The quantitative estimate of drug-likeness (QED) is 0.177. The number of hydrogen-bond donors (Lipinski definition) is 3. The summed E-state index contributed by atoms with van der Waals surface area (Å²) in [6.07, 6.45) is 3.47. The smallest absolute Gasteiger partial charge is 0.274 e. The van der Waals surface area contributed by atoms with Gasteiger partial charge in [0.1, 0.15) is 0 Å². The SMILES string of the molecule is Nc1nnc(SCCCNC(=C[N+](=O)[O-])NCCSCc2ncccc2Cl)s1. The third-order valence-corrected chi connectivity index (χ3v) is 6.44. The number of nitro groups is 1. The Balaban J connectivity index is 1.62. The van der Waals surface area contributed by atoms with Crippen molar-refractivity contribution in [2.24, 2.45) is 0 Å². The Morgan fingerprint density at radius 3 is 2.89 bits per heavy atom. The monoisotopic (exact) mass is 461 g/mol. The molecule has 2 aromatic rings. The number of aromatic nitrogens is 3. The van der Waals surface area contributed by atoms with Crippen molar-refractivity contribution >= 4 is 51.6 Å². The number of anilines is 1. The van der Waals surface area contributed by atoms with E-state index in [1.54, 1.807) is 35.8 Å². The van der Waals surface area contributed by atoms with Crippen molar-refractivity contribution in [1.82, 2.24) is 25.8 Å². The summed E-state index contributed by atoms with van der Waals surface area (Å²) in [5.74, 6) is 2.66. The molecule has 2 rings (SSSR count). The molecule has 2 aromatic heterocycles. The number of halogens is 1. The third-order valence-electron chi connectivity index (χ3n) is 3.15. The Kier molecular flexibility index (Phi) is 10.2. The van der Waals surface area contributed by atoms with Gasteiger partial charge in [-0.05, 0) is 18.6 Å². The minimum Gasteiger partial charge on any atom is -0.374 e. The molecule has 0 amide bonds. The molecule has 4 N–H and O–H groups in total. The van der Waals surface area contributed by atoms with Crippen LogP contribution in [0, 0.1) is 10.1 Å². The summed E-state index contributed by atoms with van der Waals surface area (Å²) in [7, 11) is 0. The first-order valence-electron chi connectivity index (χ1n) is 8.26. The second-order valence-electron chi connectivity index (χ2n) is 5.27. The molecule has 2 heterocycles. The lowest BCUT2D eigenvalue weighted by molar-refractivity contribution is -0.404. The van der Waals surface area contributed by atoms with Crippen molar-refractivity contribution in [2.75, 3.05) is 30.3 Å². The van der Waals surface area contributed by atoms with Crippen LogP contribution < -0.4 is 16.4 Å². The Morgan fingerprint density at radius 2 is 2.18 bits per heavy atom. The fourth-order valence-corrected chi connectivity index (χ4v) is 4.67. The molecule has 0 unspecified atom stereocenters. The molecule has 0 spiro atoms. The van der Waals surface area contributed by atoms with Crippen LogP contribution in [-0.2, 0) is 5.75 Å². The van der Waals surface area contributed by atoms with Gasteiger partial charge in [-0.15, -0.1) is 10.2 Å². The molecule has 0 aliphatic rings. The van der Waals surface area contributed by atoms with Gasteiger partial charge in [-0.3, -0.25) is 15.1 Å². The van der Waals surface area contributed by atoms with E-state index < -0.39 is 4.92 Å². The predicted octanol–water partition coefficient (Wildman–Crippen LogP) is 2.84. The Labute approximate surface area is 180 Å². The number of pyridine rings is 1. The maximum atomic E-state index is 10.8. The van der Waals surface area contributed by atoms with E-state index in [1.807, 2.05) is 6.07 Å². The zero-order valence-corrected chi connectivity index (χ0v) is 18.0. The van der Waals surface area contributed by atoms with Crippen LogP contribution in [0.15, 0.2) is 34.7 Å². The Hall–Kier alpha value is -1.76. The van der Waals surface area contributed by atoms with Gasteiger partial charge < -0.3 is 16.4 Å². The maximum Gasteiger partial charge on any atom is 0.274 e. The van der Waals surface area contributed by atoms with Gasteiger partial charge >= 0.3 is 0 Å². The summed E-state index contributed by atoms with van der Waals surface area (Å²) in [6.45, 7) is 1.19. The second-order valence-corrected chi connectivity index (χ2v) is 9.14. The van der Waals surface area contributed by atoms with Gasteiger partial charge in [-0.2, -0.15) is 11.8 Å². The molecule has 0 aromatic carbocycles. The largest absolute Gasteiger partial charge is 0.374 e. The average molecular weight is 462 g/mol. The number of rotatable bonds is 13. The van der Waals surface area contributed by atoms with Gasteiger partial charge in [0, 0.05) is 36.5 Å². The number of nitrogens with two attached hydrogens (primary N) is 1. The summed E-state index contributed by atoms with van der Waals surface area (Å²) >= 11 is 10.6. The molecule has 0 radical (unpaired) electrons. The zero-order chi connectivity index (χ0) is 20.2. The molecule has 0 fully saturated rings. The van der Waals surface area contributed by atoms with Gasteiger partial charge in [0.25, 0.3) is 6.20 Å². The highest BCUT2D eigenvalue weighted by molar-refractivity contribution is 8.01. The molecule has 152 valence electrons. The van der Waals surface area contributed by atoms with Crippen LogP contribution in [0.25, 0.3) is 0 Å². The summed E-state index contributed by atoms with van der Waals surface area (Å²) < 4.78 is 0.821. The zero-order valence-electron chi connectivity index (χ0n) is 14.8. The number of hydrogen-bond acceptors (Lipinski definition) is 11. The second kappa shape index (κ2) is 12.6. The summed E-state index contributed by atoms with van der Waals surface area (Å²) in [4.78, 5) is 14.5. The third kappa shape index (κ3) is 8.95. The fourth-order valence-electron chi connectivity index (χ4n) is 1.94. The molecule has 0 aliphatic carbocycles. The first kappa shape index (κ1) is 22.5. The minimum absolute atomic E-state index is 0.395. The number of thioether (sulfide) groups is 2. The van der Waals surface area contributed by atoms with E-state index in [-0.39, 0.29) is 0 Å². The molecular formula is C15H20ClN7O2S3. The lowest BCUT2D eigenvalue weighted by Crippen LogP contribution is -2.29. The van der Waals surface area contributed by atoms with Crippen LogP contribution in [-0.4, -0.2) is 44.7 Å². The van der Waals surface area contributed by atoms with Crippen LogP contribution in [0.1, 0.15) is 12.1 Å². The van der Waals surface area contributed by atoms with E-state index in [9.17, 15) is 10.1 Å². The van der Waals surface area contributed by atoms with E-state index in [1.165, 1.54) is 11.3 Å². The topological polar surface area (TPSA) is 132 Å². The summed E-state index contributed by atoms with van der Waals surface area (Å²) in [5, 5.41) is 25.7. The van der Waals surface area contributed by atoms with E-state index in [4.69, 9.17) is 17.3 Å². The van der Waals surface area contributed by atoms with Gasteiger partial charge in [-0.25, -0.2) is 0 Å². The van der Waals surface area contributed by atoms with Crippen molar-refractivity contribution in [1.29, 1.82) is 0 Å². The van der Waals surface area contributed by atoms with Crippen molar-refractivity contribution in [3.63, 3.8) is 0 Å². The van der Waals surface area contributed by atoms with Gasteiger partial charge in [0.15, 0.2) is 10.2 Å². The molecule has 0 saturated carbocycles. The lowest BCUT2D eigenvalue weighted by atomic mass is 10.4. The highest BCUT2D eigenvalue weighted by atomic mass is 35.5. The van der Waals surface area contributed by atoms with Gasteiger partial charge in [0.05, 0.1) is 15.6 Å². The summed E-state index contributed by atoms with van der Waals surface area (Å²) in [5.41, 5.74) is 6.37. The van der Waals surface area contributed by atoms with Crippen molar-refractivity contribution in [3.8, 4) is 0 Å². The first-order chi connectivity index (χ1) is 13.5. The molecule has 9 nitrogen and oxygen atoms in total. The van der Waals surface area contributed by atoms with Crippen LogP contribution in [0.2, 0.25) is 5.02 Å². The predicted molar refractivity (Wildman–Crippen MR) is 116 cm³/mol. The molecule has 13 heteroatoms. The van der Waals surface area contributed by atoms with E-state index in [0.29, 0.717) is 34.8 Å². The van der Waals surface area contributed by atoms with Crippen LogP contribution >= 0.6 is 46.5 Å². The van der Waals surface area contributed by atoms with Crippen LogP contribution in [0.5, 0.6) is 0 Å². The van der Waals surface area contributed by atoms with Crippen molar-refractivity contribution in [3.05, 3.63) is 51.2 Å². The maximum absolute atomic E-state index is 10.8. The van der Waals surface area contributed by atoms with Crippen LogP contribution in [0.3, 0.4) is 0 Å². The molecule has 0 saturated heterocycles. The normalized spacial score (nSPS) is 11.4. The molecule has 0 aliphatic heterocycles. The molecule has 0 atom stereocenters. The molecule has 0 bridgehead atoms. The van der Waals surface area contributed by atoms with E-state index >= 15 is 0 Å². The number of nitrogen functional groups attached to an aromatic ring is 1. The van der Waals surface area contributed by atoms with Crippen LogP contribution in [0.4, 0.5) is 5.13 Å².